The lowest BCUT2D eigenvalue weighted by Gasteiger charge is -2.33. The van der Waals surface area contributed by atoms with Crippen LogP contribution in [-0.4, -0.2) is 48.9 Å². The number of benzene rings is 1. The second kappa shape index (κ2) is 7.29. The molecule has 22 heavy (non-hydrogen) atoms. The van der Waals surface area contributed by atoms with Gasteiger partial charge in [-0.05, 0) is 25.3 Å². The van der Waals surface area contributed by atoms with Crippen molar-refractivity contribution in [1.82, 2.24) is 15.1 Å². The number of carbonyl (C=O) groups excluding carboxylic acids is 2. The molecule has 0 saturated carbocycles. The zero-order valence-electron chi connectivity index (χ0n) is 13.6. The highest BCUT2D eigenvalue weighted by atomic mass is 16.2. The third-order valence-corrected chi connectivity index (χ3v) is 4.18. The van der Waals surface area contributed by atoms with Crippen LogP contribution in [0.5, 0.6) is 0 Å². The number of piperidine rings is 1. The van der Waals surface area contributed by atoms with E-state index in [1.807, 2.05) is 42.2 Å². The van der Waals surface area contributed by atoms with E-state index in [9.17, 15) is 9.59 Å². The summed E-state index contributed by atoms with van der Waals surface area (Å²) in [6, 6.07) is 9.99. The lowest BCUT2D eigenvalue weighted by atomic mass is 9.95. The second-order valence-electron chi connectivity index (χ2n) is 6.08. The Morgan fingerprint density at radius 1 is 1.18 bits per heavy atom. The van der Waals surface area contributed by atoms with Crippen molar-refractivity contribution in [2.75, 3.05) is 27.2 Å². The van der Waals surface area contributed by atoms with Gasteiger partial charge < -0.3 is 15.1 Å². The van der Waals surface area contributed by atoms with Gasteiger partial charge in [0.15, 0.2) is 0 Å². The van der Waals surface area contributed by atoms with Crippen LogP contribution < -0.4 is 5.32 Å². The van der Waals surface area contributed by atoms with Crippen LogP contribution in [-0.2, 0) is 4.79 Å². The minimum absolute atomic E-state index is 0.00243. The van der Waals surface area contributed by atoms with Gasteiger partial charge in [-0.3, -0.25) is 4.79 Å². The standard InChI is InChI=1S/C17H25N3O2/c1-13(14-7-5-4-6-8-14)18-16(21)15-9-11-20(12-10-15)17(22)19(2)3/h4-8,13,15H,9-12H2,1-3H3,(H,18,21). The Morgan fingerprint density at radius 3 is 2.32 bits per heavy atom. The maximum Gasteiger partial charge on any atom is 0.319 e. The maximum absolute atomic E-state index is 12.4. The molecule has 120 valence electrons. The minimum Gasteiger partial charge on any atom is -0.349 e. The van der Waals surface area contributed by atoms with Gasteiger partial charge in [-0.1, -0.05) is 30.3 Å². The molecular formula is C17H25N3O2. The van der Waals surface area contributed by atoms with Crippen molar-refractivity contribution >= 4 is 11.9 Å². The first-order chi connectivity index (χ1) is 10.5. The van der Waals surface area contributed by atoms with Crippen molar-refractivity contribution < 1.29 is 9.59 Å². The Hall–Kier alpha value is -2.04. The van der Waals surface area contributed by atoms with Gasteiger partial charge >= 0.3 is 6.03 Å². The number of carbonyl (C=O) groups is 2. The van der Waals surface area contributed by atoms with E-state index in [-0.39, 0.29) is 23.9 Å². The van der Waals surface area contributed by atoms with Crippen molar-refractivity contribution in [1.29, 1.82) is 0 Å². The number of urea groups is 1. The zero-order chi connectivity index (χ0) is 16.1. The van der Waals surface area contributed by atoms with E-state index in [2.05, 4.69) is 5.32 Å². The Labute approximate surface area is 132 Å². The molecule has 5 heteroatoms. The van der Waals surface area contributed by atoms with Gasteiger partial charge in [0.05, 0.1) is 6.04 Å². The fourth-order valence-electron chi connectivity index (χ4n) is 2.77. The Bertz CT molecular complexity index is 508. The highest BCUT2D eigenvalue weighted by molar-refractivity contribution is 5.80. The van der Waals surface area contributed by atoms with E-state index in [0.29, 0.717) is 13.1 Å². The monoisotopic (exact) mass is 303 g/mol. The third-order valence-electron chi connectivity index (χ3n) is 4.18. The van der Waals surface area contributed by atoms with E-state index in [4.69, 9.17) is 0 Å². The number of nitrogens with one attached hydrogen (secondary N) is 1. The minimum atomic E-state index is -0.00243. The van der Waals surface area contributed by atoms with Gasteiger partial charge in [0.1, 0.15) is 0 Å². The number of nitrogens with zero attached hydrogens (tertiary/aromatic N) is 2. The third kappa shape index (κ3) is 4.00. The molecule has 2 rings (SSSR count). The molecule has 0 aliphatic carbocycles. The fraction of sp³-hybridized carbons (Fsp3) is 0.529. The molecule has 3 amide bonds. The summed E-state index contributed by atoms with van der Waals surface area (Å²) in [7, 11) is 3.51. The van der Waals surface area contributed by atoms with Gasteiger partial charge in [-0.15, -0.1) is 0 Å². The summed E-state index contributed by atoms with van der Waals surface area (Å²) in [5.41, 5.74) is 1.11. The zero-order valence-corrected chi connectivity index (χ0v) is 13.6. The quantitative estimate of drug-likeness (QED) is 0.931. The summed E-state index contributed by atoms with van der Waals surface area (Å²) in [6.45, 7) is 3.29. The largest absolute Gasteiger partial charge is 0.349 e. The summed E-state index contributed by atoms with van der Waals surface area (Å²) < 4.78 is 0. The summed E-state index contributed by atoms with van der Waals surface area (Å²) in [4.78, 5) is 27.6. The Kier molecular flexibility index (Phi) is 5.41. The SMILES string of the molecule is CC(NC(=O)C1CCN(C(=O)N(C)C)CC1)c1ccccc1. The predicted molar refractivity (Wildman–Crippen MR) is 86.4 cm³/mol. The molecule has 1 aromatic rings. The first-order valence-corrected chi connectivity index (χ1v) is 7.80. The summed E-state index contributed by atoms with van der Waals surface area (Å²) in [5.74, 6) is 0.0886. The number of amides is 3. The van der Waals surface area contributed by atoms with Crippen LogP contribution in [0.1, 0.15) is 31.4 Å². The molecule has 0 radical (unpaired) electrons. The molecule has 0 spiro atoms. The molecule has 0 aromatic heterocycles. The first kappa shape index (κ1) is 16.3. The summed E-state index contributed by atoms with van der Waals surface area (Å²) in [5, 5.41) is 3.08. The van der Waals surface area contributed by atoms with Gasteiger partial charge in [-0.25, -0.2) is 4.79 Å². The van der Waals surface area contributed by atoms with E-state index < -0.39 is 0 Å². The van der Waals surface area contributed by atoms with Crippen LogP contribution in [0.2, 0.25) is 0 Å². The van der Waals surface area contributed by atoms with E-state index in [1.165, 1.54) is 0 Å². The number of hydrogen-bond acceptors (Lipinski definition) is 2. The molecule has 1 heterocycles. The Morgan fingerprint density at radius 2 is 1.77 bits per heavy atom. The van der Waals surface area contributed by atoms with Crippen molar-refractivity contribution in [2.24, 2.45) is 5.92 Å². The van der Waals surface area contributed by atoms with Crippen LogP contribution in [0.25, 0.3) is 0 Å². The van der Waals surface area contributed by atoms with E-state index >= 15 is 0 Å². The second-order valence-corrected chi connectivity index (χ2v) is 6.08. The smallest absolute Gasteiger partial charge is 0.319 e. The number of hydrogen-bond donors (Lipinski definition) is 1. The van der Waals surface area contributed by atoms with Crippen molar-refractivity contribution in [3.63, 3.8) is 0 Å². The molecule has 5 nitrogen and oxygen atoms in total. The highest BCUT2D eigenvalue weighted by Crippen LogP contribution is 2.20. The average molecular weight is 303 g/mol. The lowest BCUT2D eigenvalue weighted by molar-refractivity contribution is -0.126. The molecular weight excluding hydrogens is 278 g/mol. The normalized spacial score (nSPS) is 17.0. The van der Waals surface area contributed by atoms with Crippen LogP contribution in [0, 0.1) is 5.92 Å². The van der Waals surface area contributed by atoms with Crippen LogP contribution in [0.3, 0.4) is 0 Å². The molecule has 1 saturated heterocycles. The van der Waals surface area contributed by atoms with Gasteiger partial charge in [-0.2, -0.15) is 0 Å². The van der Waals surface area contributed by atoms with Gasteiger partial charge in [0, 0.05) is 33.1 Å². The van der Waals surface area contributed by atoms with Gasteiger partial charge in [0.2, 0.25) is 5.91 Å². The van der Waals surface area contributed by atoms with Crippen LogP contribution in [0.15, 0.2) is 30.3 Å². The molecule has 1 unspecified atom stereocenters. The van der Waals surface area contributed by atoms with Gasteiger partial charge in [0.25, 0.3) is 0 Å². The van der Waals surface area contributed by atoms with E-state index in [1.54, 1.807) is 19.0 Å². The molecule has 1 aliphatic heterocycles. The molecule has 1 atom stereocenters. The number of likely N-dealkylation sites (tertiary alicyclic amines) is 1. The lowest BCUT2D eigenvalue weighted by Crippen LogP contribution is -2.46. The molecule has 1 aromatic carbocycles. The predicted octanol–water partition coefficient (Wildman–Crippen LogP) is 2.26. The van der Waals surface area contributed by atoms with Crippen LogP contribution >= 0.6 is 0 Å². The van der Waals surface area contributed by atoms with Crippen molar-refractivity contribution in [3.8, 4) is 0 Å². The fourth-order valence-corrected chi connectivity index (χ4v) is 2.77. The summed E-state index contributed by atoms with van der Waals surface area (Å²) >= 11 is 0. The topological polar surface area (TPSA) is 52.7 Å². The van der Waals surface area contributed by atoms with Crippen molar-refractivity contribution in [3.05, 3.63) is 35.9 Å². The Balaban J connectivity index is 1.84. The molecule has 1 N–H and O–H groups in total. The maximum atomic E-state index is 12.4. The average Bonchev–Trinajstić information content (AvgIpc) is 2.55. The highest BCUT2D eigenvalue weighted by Gasteiger charge is 2.28. The first-order valence-electron chi connectivity index (χ1n) is 7.80. The molecule has 0 bridgehead atoms. The molecule has 1 fully saturated rings. The molecule has 1 aliphatic rings. The summed E-state index contributed by atoms with van der Waals surface area (Å²) in [6.07, 6.45) is 1.46. The number of rotatable bonds is 3. The van der Waals surface area contributed by atoms with Crippen molar-refractivity contribution in [2.45, 2.75) is 25.8 Å². The van der Waals surface area contributed by atoms with Crippen LogP contribution in [0.4, 0.5) is 4.79 Å². The van der Waals surface area contributed by atoms with E-state index in [0.717, 1.165) is 18.4 Å².